The molecule has 8 heteroatoms. The molecule has 0 aromatic carbocycles. The maximum Gasteiger partial charge on any atom is 0.211 e. The van der Waals surface area contributed by atoms with Gasteiger partial charge in [-0.15, -0.1) is 11.6 Å². The van der Waals surface area contributed by atoms with Crippen LogP contribution in [0.25, 0.3) is 0 Å². The van der Waals surface area contributed by atoms with E-state index >= 15 is 0 Å². The average molecular weight is 356 g/mol. The molecule has 0 aliphatic rings. The predicted octanol–water partition coefficient (Wildman–Crippen LogP) is 3.44. The fraction of sp³-hybridized carbons (Fsp3) is 0.167. The van der Waals surface area contributed by atoms with Gasteiger partial charge in [0.25, 0.3) is 0 Å². The summed E-state index contributed by atoms with van der Waals surface area (Å²) in [5.74, 6) is 0.549. The van der Waals surface area contributed by atoms with Crippen molar-refractivity contribution < 1.29 is 9.32 Å². The second-order valence-electron chi connectivity index (χ2n) is 3.20. The smallest absolute Gasteiger partial charge is 0.211 e. The minimum absolute atomic E-state index is 0.0772. The largest absolute Gasteiger partial charge is 0.392 e. The number of alkyl halides is 1. The van der Waals surface area contributed by atoms with Crippen molar-refractivity contribution in [1.29, 1.82) is 0 Å². The minimum Gasteiger partial charge on any atom is -0.392 e. The van der Waals surface area contributed by atoms with Crippen molar-refractivity contribution in [2.45, 2.75) is 12.5 Å². The summed E-state index contributed by atoms with van der Waals surface area (Å²) in [4.78, 5) is 7.67. The van der Waals surface area contributed by atoms with Gasteiger partial charge in [0.15, 0.2) is 0 Å². The SMILES string of the molecule is ClCc1cccnc1.O=S(Cl)Cl.OCc1cccnc1. The van der Waals surface area contributed by atoms with Crippen molar-refractivity contribution >= 4 is 42.2 Å². The molecule has 0 spiro atoms. The fourth-order valence-electron chi connectivity index (χ4n) is 0.969. The first kappa shape index (κ1) is 19.3. The summed E-state index contributed by atoms with van der Waals surface area (Å²) in [7, 11) is 7.36. The van der Waals surface area contributed by atoms with Gasteiger partial charge in [-0.3, -0.25) is 9.97 Å². The standard InChI is InChI=1S/C6H6ClN.C6H7NO.Cl2OS/c7-4-6-2-1-3-8-5-6;8-5-6-2-1-3-7-4-6;1-4(2)3/h1-3,5H,4H2;1-4,8H,5H2;. The topological polar surface area (TPSA) is 63.1 Å². The van der Waals surface area contributed by atoms with Gasteiger partial charge >= 0.3 is 0 Å². The lowest BCUT2D eigenvalue weighted by Crippen LogP contribution is -1.80. The van der Waals surface area contributed by atoms with Crippen molar-refractivity contribution in [3.05, 3.63) is 60.2 Å². The molecule has 0 radical (unpaired) electrons. The van der Waals surface area contributed by atoms with E-state index in [-0.39, 0.29) is 6.61 Å². The maximum atomic E-state index is 9.09. The van der Waals surface area contributed by atoms with Crippen molar-refractivity contribution in [3.8, 4) is 0 Å². The van der Waals surface area contributed by atoms with E-state index in [1.54, 1.807) is 30.9 Å². The summed E-state index contributed by atoms with van der Waals surface area (Å²) in [6, 6.07) is 7.44. The zero-order chi connectivity index (χ0) is 15.2. The summed E-state index contributed by atoms with van der Waals surface area (Å²) in [5.41, 5.74) is 1.92. The molecular weight excluding hydrogens is 343 g/mol. The molecule has 0 saturated heterocycles. The van der Waals surface area contributed by atoms with Gasteiger partial charge in [0.05, 0.1) is 6.61 Å². The Hall–Kier alpha value is -0.720. The van der Waals surface area contributed by atoms with Gasteiger partial charge in [0.1, 0.15) is 0 Å². The van der Waals surface area contributed by atoms with Crippen LogP contribution in [-0.4, -0.2) is 19.3 Å². The highest BCUT2D eigenvalue weighted by Crippen LogP contribution is 1.98. The monoisotopic (exact) mass is 354 g/mol. The highest BCUT2D eigenvalue weighted by atomic mass is 36.0. The van der Waals surface area contributed by atoms with E-state index in [0.717, 1.165) is 11.1 Å². The molecule has 2 heterocycles. The quantitative estimate of drug-likeness (QED) is 0.662. The Morgan fingerprint density at radius 2 is 1.50 bits per heavy atom. The number of nitrogens with zero attached hydrogens (tertiary/aromatic N) is 2. The maximum absolute atomic E-state index is 9.09. The molecule has 0 fully saturated rings. The molecule has 0 bridgehead atoms. The number of aliphatic hydroxyl groups excluding tert-OH is 1. The lowest BCUT2D eigenvalue weighted by atomic mass is 10.3. The molecule has 4 nitrogen and oxygen atoms in total. The Bertz CT molecular complexity index is 431. The van der Waals surface area contributed by atoms with E-state index in [4.69, 9.17) is 20.9 Å². The summed E-state index contributed by atoms with van der Waals surface area (Å²) < 4.78 is 9.09. The molecule has 0 amide bonds. The second-order valence-corrected chi connectivity index (χ2v) is 5.99. The highest BCUT2D eigenvalue weighted by molar-refractivity contribution is 8.26. The number of pyridine rings is 2. The summed E-state index contributed by atoms with van der Waals surface area (Å²) in [6.45, 7) is 0.0772. The third-order valence-corrected chi connectivity index (χ3v) is 2.09. The van der Waals surface area contributed by atoms with Crippen molar-refractivity contribution in [1.82, 2.24) is 9.97 Å². The number of halogens is 3. The van der Waals surface area contributed by atoms with Gasteiger partial charge in [-0.1, -0.05) is 12.1 Å². The summed E-state index contributed by atoms with van der Waals surface area (Å²) >= 11 is 5.49. The molecule has 2 aromatic rings. The Morgan fingerprint density at radius 1 is 1.05 bits per heavy atom. The van der Waals surface area contributed by atoms with Crippen LogP contribution in [0.2, 0.25) is 0 Å². The fourth-order valence-corrected chi connectivity index (χ4v) is 1.13. The third-order valence-electron chi connectivity index (χ3n) is 1.78. The van der Waals surface area contributed by atoms with Crippen molar-refractivity contribution in [2.75, 3.05) is 0 Å². The molecule has 2 rings (SSSR count). The second kappa shape index (κ2) is 13.3. The van der Waals surface area contributed by atoms with Gasteiger partial charge < -0.3 is 5.11 Å². The van der Waals surface area contributed by atoms with Crippen LogP contribution in [0, 0.1) is 0 Å². The number of aliphatic hydroxyl groups is 1. The first-order valence-corrected chi connectivity index (χ1v) is 8.62. The van der Waals surface area contributed by atoms with Crippen LogP contribution in [0.3, 0.4) is 0 Å². The van der Waals surface area contributed by atoms with Crippen LogP contribution in [0.5, 0.6) is 0 Å². The van der Waals surface area contributed by atoms with Crippen LogP contribution in [0.4, 0.5) is 0 Å². The van der Waals surface area contributed by atoms with E-state index in [2.05, 4.69) is 31.3 Å². The van der Waals surface area contributed by atoms with E-state index < -0.39 is 9.23 Å². The number of aromatic nitrogens is 2. The molecule has 0 unspecified atom stereocenters. The summed E-state index contributed by atoms with van der Waals surface area (Å²) in [6.07, 6.45) is 6.81. The van der Waals surface area contributed by atoms with Crippen LogP contribution >= 0.6 is 33.0 Å². The Kier molecular flexibility index (Phi) is 12.8. The van der Waals surface area contributed by atoms with Gasteiger partial charge in [-0.25, -0.2) is 4.21 Å². The minimum atomic E-state index is -1.67. The third kappa shape index (κ3) is 12.3. The molecule has 1 N–H and O–H groups in total. The van der Waals surface area contributed by atoms with Crippen molar-refractivity contribution in [2.24, 2.45) is 0 Å². The zero-order valence-electron chi connectivity index (χ0n) is 10.3. The van der Waals surface area contributed by atoms with E-state index in [1.807, 2.05) is 18.2 Å². The van der Waals surface area contributed by atoms with E-state index in [9.17, 15) is 0 Å². The van der Waals surface area contributed by atoms with Gasteiger partial charge in [-0.2, -0.15) is 0 Å². The lowest BCUT2D eigenvalue weighted by Gasteiger charge is -1.88. The number of hydrogen-bond donors (Lipinski definition) is 1. The molecule has 0 saturated carbocycles. The van der Waals surface area contributed by atoms with Crippen LogP contribution in [0.15, 0.2) is 49.1 Å². The molecule has 20 heavy (non-hydrogen) atoms. The van der Waals surface area contributed by atoms with Gasteiger partial charge in [0, 0.05) is 52.0 Å². The predicted molar refractivity (Wildman–Crippen MR) is 83.8 cm³/mol. The zero-order valence-corrected chi connectivity index (χ0v) is 13.4. The number of hydrogen-bond acceptors (Lipinski definition) is 4. The average Bonchev–Trinajstić information content (AvgIpc) is 2.49. The molecule has 110 valence electrons. The van der Waals surface area contributed by atoms with E-state index in [1.165, 1.54) is 0 Å². The van der Waals surface area contributed by atoms with Crippen LogP contribution in [-0.2, 0) is 21.7 Å². The first-order chi connectivity index (χ1) is 9.60. The van der Waals surface area contributed by atoms with E-state index in [0.29, 0.717) is 5.88 Å². The Balaban J connectivity index is 0.000000289. The van der Waals surface area contributed by atoms with Gasteiger partial charge in [0.2, 0.25) is 9.23 Å². The van der Waals surface area contributed by atoms with Crippen molar-refractivity contribution in [3.63, 3.8) is 0 Å². The molecule has 0 atom stereocenters. The summed E-state index contributed by atoms with van der Waals surface area (Å²) in [5, 5.41) is 8.50. The molecule has 0 aliphatic carbocycles. The lowest BCUT2D eigenvalue weighted by molar-refractivity contribution is 0.281. The van der Waals surface area contributed by atoms with Crippen LogP contribution < -0.4 is 0 Å². The molecule has 0 aliphatic heterocycles. The molecular formula is C12H13Cl3N2O2S. The van der Waals surface area contributed by atoms with Gasteiger partial charge in [-0.05, 0) is 23.3 Å². The first-order valence-electron chi connectivity index (χ1n) is 5.29. The Morgan fingerprint density at radius 3 is 1.70 bits per heavy atom. The Labute approximate surface area is 134 Å². The highest BCUT2D eigenvalue weighted by Gasteiger charge is 1.83. The molecule has 2 aromatic heterocycles. The number of rotatable bonds is 2. The van der Waals surface area contributed by atoms with Crippen LogP contribution in [0.1, 0.15) is 11.1 Å². The normalized spacial score (nSPS) is 9.05.